The fraction of sp³-hybridized carbons (Fsp3) is 0.312. The summed E-state index contributed by atoms with van der Waals surface area (Å²) in [6.07, 6.45) is 5.90. The second-order valence-corrected chi connectivity index (χ2v) is 5.70. The van der Waals surface area contributed by atoms with Gasteiger partial charge in [-0.2, -0.15) is 0 Å². The number of hydrogen-bond donors (Lipinski definition) is 2. The first-order valence-corrected chi connectivity index (χ1v) is 7.25. The zero-order chi connectivity index (χ0) is 15.4. The maximum atomic E-state index is 12.0. The van der Waals surface area contributed by atoms with Gasteiger partial charge in [-0.15, -0.1) is 0 Å². The molecule has 21 heavy (non-hydrogen) atoms. The number of phenols is 1. The minimum Gasteiger partial charge on any atom is -0.508 e. The Hall–Kier alpha value is -1.94. The highest BCUT2D eigenvalue weighted by molar-refractivity contribution is 6.30. The van der Waals surface area contributed by atoms with Crippen molar-refractivity contribution in [3.63, 3.8) is 0 Å². The smallest absolute Gasteiger partial charge is 0.228 e. The molecule has 1 aliphatic heterocycles. The number of allylic oxidation sites excluding steroid dienone is 1. The van der Waals surface area contributed by atoms with Crippen LogP contribution in [0.1, 0.15) is 19.4 Å². The van der Waals surface area contributed by atoms with E-state index in [1.165, 1.54) is 6.07 Å². The molecule has 0 saturated carbocycles. The number of carbonyl (C=O) groups is 1. The molecule has 0 saturated heterocycles. The van der Waals surface area contributed by atoms with E-state index in [2.05, 4.69) is 24.1 Å². The molecule has 0 spiro atoms. The predicted octanol–water partition coefficient (Wildman–Crippen LogP) is 2.83. The molecule has 2 N–H and O–H groups in total. The van der Waals surface area contributed by atoms with E-state index in [9.17, 15) is 9.90 Å². The van der Waals surface area contributed by atoms with Crippen LogP contribution in [0.2, 0.25) is 5.02 Å². The zero-order valence-corrected chi connectivity index (χ0v) is 12.9. The van der Waals surface area contributed by atoms with Crippen LogP contribution in [0.3, 0.4) is 0 Å². The van der Waals surface area contributed by atoms with E-state index < -0.39 is 0 Å². The summed E-state index contributed by atoms with van der Waals surface area (Å²) in [5.41, 5.74) is 1.29. The number of carbonyl (C=O) groups excluding carboxylic acids is 1. The van der Waals surface area contributed by atoms with Crippen molar-refractivity contribution in [3.05, 3.63) is 52.8 Å². The maximum absolute atomic E-state index is 12.0. The van der Waals surface area contributed by atoms with Crippen LogP contribution in [-0.2, 0) is 11.2 Å². The number of amides is 1. The Balaban J connectivity index is 1.94. The third-order valence-corrected chi connectivity index (χ3v) is 3.54. The van der Waals surface area contributed by atoms with E-state index in [0.29, 0.717) is 16.6 Å². The molecule has 0 atom stereocenters. The van der Waals surface area contributed by atoms with E-state index in [-0.39, 0.29) is 18.1 Å². The van der Waals surface area contributed by atoms with Crippen molar-refractivity contribution in [1.29, 1.82) is 0 Å². The molecular weight excluding hydrogens is 288 g/mol. The Bertz CT molecular complexity index is 594. The Morgan fingerprint density at radius 2 is 2.24 bits per heavy atom. The quantitative estimate of drug-likeness (QED) is 0.899. The number of nitrogens with one attached hydrogen (secondary N) is 1. The number of benzene rings is 1. The minimum atomic E-state index is -0.179. The lowest BCUT2D eigenvalue weighted by atomic mass is 10.1. The topological polar surface area (TPSA) is 52.6 Å². The number of nitrogens with zero attached hydrogens (tertiary/aromatic N) is 1. The fourth-order valence-electron chi connectivity index (χ4n) is 2.06. The van der Waals surface area contributed by atoms with E-state index in [1.807, 2.05) is 18.4 Å². The molecule has 1 heterocycles. The summed E-state index contributed by atoms with van der Waals surface area (Å²) in [7, 11) is 0. The zero-order valence-electron chi connectivity index (χ0n) is 12.1. The fourth-order valence-corrected chi connectivity index (χ4v) is 2.25. The summed E-state index contributed by atoms with van der Waals surface area (Å²) in [6.45, 7) is 5.00. The van der Waals surface area contributed by atoms with Crippen molar-refractivity contribution in [3.8, 4) is 5.75 Å². The van der Waals surface area contributed by atoms with Gasteiger partial charge in [-0.1, -0.05) is 11.6 Å². The molecule has 0 fully saturated rings. The predicted molar refractivity (Wildman–Crippen MR) is 84.0 cm³/mol. The van der Waals surface area contributed by atoms with E-state index in [4.69, 9.17) is 11.6 Å². The first-order chi connectivity index (χ1) is 9.95. The SMILES string of the molecule is CC(C)N1C=CC(NC(=O)Cc2cc(Cl)ccc2O)=CC1. The molecule has 0 bridgehead atoms. The standard InChI is InChI=1S/C16H19ClN2O2/c1-11(2)19-7-5-14(6-8-19)18-16(21)10-12-9-13(17)3-4-15(12)20/h3-7,9,11,20H,8,10H2,1-2H3,(H,18,21). The highest BCUT2D eigenvalue weighted by atomic mass is 35.5. The van der Waals surface area contributed by atoms with Crippen LogP contribution in [0.25, 0.3) is 0 Å². The molecule has 0 aromatic heterocycles. The molecule has 5 heteroatoms. The molecule has 1 aliphatic rings. The van der Waals surface area contributed by atoms with Gasteiger partial charge in [-0.25, -0.2) is 0 Å². The Morgan fingerprint density at radius 3 is 2.86 bits per heavy atom. The van der Waals surface area contributed by atoms with Gasteiger partial charge < -0.3 is 15.3 Å². The third kappa shape index (κ3) is 4.26. The number of phenolic OH excluding ortho intramolecular Hbond substituents is 1. The summed E-state index contributed by atoms with van der Waals surface area (Å²) in [4.78, 5) is 14.2. The normalized spacial score (nSPS) is 14.3. The van der Waals surface area contributed by atoms with Crippen molar-refractivity contribution < 1.29 is 9.90 Å². The second-order valence-electron chi connectivity index (χ2n) is 5.26. The lowest BCUT2D eigenvalue weighted by Crippen LogP contribution is -2.31. The van der Waals surface area contributed by atoms with Crippen LogP contribution in [0.15, 0.2) is 42.2 Å². The highest BCUT2D eigenvalue weighted by Gasteiger charge is 2.12. The number of aromatic hydroxyl groups is 1. The van der Waals surface area contributed by atoms with Gasteiger partial charge in [0.05, 0.1) is 6.42 Å². The van der Waals surface area contributed by atoms with Crippen LogP contribution in [0.4, 0.5) is 0 Å². The minimum absolute atomic E-state index is 0.0775. The van der Waals surface area contributed by atoms with Crippen LogP contribution in [-0.4, -0.2) is 28.5 Å². The van der Waals surface area contributed by atoms with Gasteiger partial charge in [0.25, 0.3) is 0 Å². The summed E-state index contributed by atoms with van der Waals surface area (Å²) in [5.74, 6) is -0.102. The second kappa shape index (κ2) is 6.68. The number of rotatable bonds is 4. The van der Waals surface area contributed by atoms with Crippen molar-refractivity contribution in [2.45, 2.75) is 26.3 Å². The average Bonchev–Trinajstić information content (AvgIpc) is 2.43. The van der Waals surface area contributed by atoms with Gasteiger partial charge in [0.15, 0.2) is 0 Å². The molecule has 1 aromatic rings. The van der Waals surface area contributed by atoms with Crippen molar-refractivity contribution >= 4 is 17.5 Å². The average molecular weight is 307 g/mol. The molecule has 0 aliphatic carbocycles. The molecule has 1 amide bonds. The molecule has 2 rings (SSSR count). The van der Waals surface area contributed by atoms with Crippen LogP contribution >= 0.6 is 11.6 Å². The Labute approximate surface area is 129 Å². The van der Waals surface area contributed by atoms with Crippen LogP contribution in [0, 0.1) is 0 Å². The number of hydrogen-bond acceptors (Lipinski definition) is 3. The first-order valence-electron chi connectivity index (χ1n) is 6.87. The van der Waals surface area contributed by atoms with Gasteiger partial charge in [0, 0.05) is 35.1 Å². The summed E-state index contributed by atoms with van der Waals surface area (Å²) < 4.78 is 0. The first kappa shape index (κ1) is 15.4. The third-order valence-electron chi connectivity index (χ3n) is 3.31. The molecule has 1 aromatic carbocycles. The van der Waals surface area contributed by atoms with Crippen molar-refractivity contribution in [2.24, 2.45) is 0 Å². The van der Waals surface area contributed by atoms with Gasteiger partial charge in [0.1, 0.15) is 5.75 Å². The molecule has 0 unspecified atom stereocenters. The summed E-state index contributed by atoms with van der Waals surface area (Å²) >= 11 is 5.87. The molecule has 4 nitrogen and oxygen atoms in total. The van der Waals surface area contributed by atoms with E-state index >= 15 is 0 Å². The van der Waals surface area contributed by atoms with Gasteiger partial charge in [0.2, 0.25) is 5.91 Å². The van der Waals surface area contributed by atoms with Gasteiger partial charge in [-0.3, -0.25) is 4.79 Å². The maximum Gasteiger partial charge on any atom is 0.228 e. The lowest BCUT2D eigenvalue weighted by Gasteiger charge is -2.26. The summed E-state index contributed by atoms with van der Waals surface area (Å²) in [5, 5.41) is 13.0. The van der Waals surface area contributed by atoms with E-state index in [1.54, 1.807) is 12.1 Å². The highest BCUT2D eigenvalue weighted by Crippen LogP contribution is 2.22. The number of halogens is 1. The monoisotopic (exact) mass is 306 g/mol. The van der Waals surface area contributed by atoms with Crippen molar-refractivity contribution in [1.82, 2.24) is 10.2 Å². The molecule has 0 radical (unpaired) electrons. The van der Waals surface area contributed by atoms with Gasteiger partial charge >= 0.3 is 0 Å². The van der Waals surface area contributed by atoms with Gasteiger partial charge in [-0.05, 0) is 44.2 Å². The Kier molecular flexibility index (Phi) is 4.91. The summed E-state index contributed by atoms with van der Waals surface area (Å²) in [6, 6.07) is 5.11. The Morgan fingerprint density at radius 1 is 1.48 bits per heavy atom. The molecular formula is C16H19ClN2O2. The lowest BCUT2D eigenvalue weighted by molar-refractivity contribution is -0.119. The molecule has 112 valence electrons. The van der Waals surface area contributed by atoms with Crippen molar-refractivity contribution in [2.75, 3.05) is 6.54 Å². The largest absolute Gasteiger partial charge is 0.508 e. The van der Waals surface area contributed by atoms with Crippen LogP contribution in [0.5, 0.6) is 5.75 Å². The van der Waals surface area contributed by atoms with Crippen LogP contribution < -0.4 is 5.32 Å². The van der Waals surface area contributed by atoms with E-state index in [0.717, 1.165) is 12.2 Å².